The van der Waals surface area contributed by atoms with E-state index < -0.39 is 16.4 Å². The first-order valence-corrected chi connectivity index (χ1v) is 18.9. The van der Waals surface area contributed by atoms with Gasteiger partial charge in [0.2, 0.25) is 0 Å². The second-order valence-electron chi connectivity index (χ2n) is 14.9. The zero-order chi connectivity index (χ0) is 25.0. The van der Waals surface area contributed by atoms with Gasteiger partial charge in [-0.25, -0.2) is 0 Å². The minimum absolute atomic E-state index is 0.0298. The average Bonchev–Trinajstić information content (AvgIpc) is 3.84. The standard InChI is InChI=1S/2C14H10NO3.Fe/c2*16-14(12-3-1-2-4-12)10-7-11-5-8-13(9-6-11)15(17)18;/h2*1-10H;. The molecule has 0 aromatic heterocycles. The van der Waals surface area contributed by atoms with Crippen LogP contribution in [0.15, 0.2) is 60.7 Å². The van der Waals surface area contributed by atoms with Crippen molar-refractivity contribution in [1.29, 1.82) is 0 Å². The number of rotatable bonds is 8. The molecule has 186 valence electrons. The van der Waals surface area contributed by atoms with Crippen LogP contribution in [0.25, 0.3) is 12.2 Å². The number of carbonyl (C=O) groups is 2. The van der Waals surface area contributed by atoms with Crippen molar-refractivity contribution in [2.75, 3.05) is 0 Å². The quantitative estimate of drug-likeness (QED) is 0.164. The van der Waals surface area contributed by atoms with Crippen molar-refractivity contribution in [2.45, 2.75) is 47.2 Å². The summed E-state index contributed by atoms with van der Waals surface area (Å²) < 4.78 is -0.301. The van der Waals surface area contributed by atoms with Gasteiger partial charge in [0.1, 0.15) is 0 Å². The van der Waals surface area contributed by atoms with E-state index >= 15 is 0 Å². The first kappa shape index (κ1) is 17.9. The number of non-ortho nitro benzene ring substituents is 2. The third-order valence-electron chi connectivity index (χ3n) is 18.6. The Morgan fingerprint density at radius 1 is 0.649 bits per heavy atom. The van der Waals surface area contributed by atoms with E-state index in [4.69, 9.17) is 0 Å². The Hall–Kier alpha value is -3.42. The molecule has 12 rings (SSSR count). The van der Waals surface area contributed by atoms with E-state index in [9.17, 15) is 29.8 Å². The van der Waals surface area contributed by atoms with Gasteiger partial charge >= 0.3 is 200 Å². The van der Waals surface area contributed by atoms with Crippen molar-refractivity contribution < 1.29 is 25.9 Å². The van der Waals surface area contributed by atoms with Crippen LogP contribution in [0.3, 0.4) is 0 Å². The molecular formula is C28H20FeN2O6. The molecular weight excluding hydrogens is 516 g/mol. The van der Waals surface area contributed by atoms with Crippen LogP contribution in [0.1, 0.15) is 11.1 Å². The molecule has 10 heterocycles. The van der Waals surface area contributed by atoms with Crippen LogP contribution in [0.5, 0.6) is 0 Å². The van der Waals surface area contributed by atoms with E-state index in [-0.39, 0.29) is 31.6 Å². The maximum atomic E-state index is 14.0. The first-order chi connectivity index (χ1) is 17.5. The van der Waals surface area contributed by atoms with Gasteiger partial charge in [0.25, 0.3) is 0 Å². The number of nitro groups is 2. The fourth-order valence-electron chi connectivity index (χ4n) is 19.9. The molecule has 8 unspecified atom stereocenters. The summed E-state index contributed by atoms with van der Waals surface area (Å²) in [5, 5.41) is 21.9. The molecule has 0 aliphatic carbocycles. The van der Waals surface area contributed by atoms with Crippen molar-refractivity contribution in [1.82, 2.24) is 0 Å². The molecule has 10 fully saturated rings. The Labute approximate surface area is 200 Å². The summed E-state index contributed by atoms with van der Waals surface area (Å²) in [6, 6.07) is 12.5. The molecule has 1 spiro atoms. The molecule has 8 nitrogen and oxygen atoms in total. The van der Waals surface area contributed by atoms with E-state index in [1.54, 1.807) is 48.6 Å². The van der Waals surface area contributed by atoms with Gasteiger partial charge in [0, 0.05) is 0 Å². The van der Waals surface area contributed by atoms with E-state index in [0.29, 0.717) is 19.3 Å². The molecule has 0 bridgehead atoms. The summed E-state index contributed by atoms with van der Waals surface area (Å²) in [7, 11) is 0. The van der Waals surface area contributed by atoms with Crippen LogP contribution >= 0.6 is 0 Å². The van der Waals surface area contributed by atoms with Crippen molar-refractivity contribution in [3.63, 3.8) is 0 Å². The molecule has 9 heteroatoms. The fourth-order valence-corrected chi connectivity index (χ4v) is 95.4. The van der Waals surface area contributed by atoms with Crippen LogP contribution < -0.4 is 0 Å². The van der Waals surface area contributed by atoms with Crippen LogP contribution in [-0.2, 0) is 16.1 Å². The van der Waals surface area contributed by atoms with Gasteiger partial charge in [-0.2, -0.15) is 0 Å². The molecule has 2 aromatic rings. The summed E-state index contributed by atoms with van der Waals surface area (Å²) in [4.78, 5) is 54.4. The van der Waals surface area contributed by atoms with Gasteiger partial charge in [-0.1, -0.05) is 0 Å². The number of fused-ring (bicyclic) bond motifs is 10. The van der Waals surface area contributed by atoms with Crippen molar-refractivity contribution in [3.8, 4) is 0 Å². The predicted molar refractivity (Wildman–Crippen MR) is 130 cm³/mol. The Balaban J connectivity index is 0.934. The Kier molecular flexibility index (Phi) is 1.22. The second kappa shape index (κ2) is 2.52. The number of hydrogen-bond acceptors (Lipinski definition) is 6. The Morgan fingerprint density at radius 2 is 0.973 bits per heavy atom. The number of hydrogen-bond donors (Lipinski definition) is 0. The summed E-state index contributed by atoms with van der Waals surface area (Å²) >= 11 is 0. The van der Waals surface area contributed by atoms with Gasteiger partial charge in [0.05, 0.1) is 0 Å². The first-order valence-electron chi connectivity index (χ1n) is 12.7. The molecule has 10 saturated heterocycles. The van der Waals surface area contributed by atoms with Crippen molar-refractivity contribution in [3.05, 3.63) is 92.0 Å². The van der Waals surface area contributed by atoms with Gasteiger partial charge in [-0.15, -0.1) is 0 Å². The zero-order valence-corrected chi connectivity index (χ0v) is 20.3. The fraction of sp³-hybridized carbons (Fsp3) is 0.357. The van der Waals surface area contributed by atoms with Crippen LogP contribution in [0.4, 0.5) is 11.4 Å². The van der Waals surface area contributed by atoms with Gasteiger partial charge in [0.15, 0.2) is 0 Å². The van der Waals surface area contributed by atoms with Gasteiger partial charge in [-0.3, -0.25) is 0 Å². The maximum absolute atomic E-state index is 14.0. The van der Waals surface area contributed by atoms with E-state index in [0.717, 1.165) is 30.4 Å². The normalized spacial score (nSPS) is 63.0. The monoisotopic (exact) mass is 536 g/mol. The predicted octanol–water partition coefficient (Wildman–Crippen LogP) is 6.50. The van der Waals surface area contributed by atoms with E-state index in [1.165, 1.54) is 24.3 Å². The van der Waals surface area contributed by atoms with Gasteiger partial charge < -0.3 is 0 Å². The summed E-state index contributed by atoms with van der Waals surface area (Å²) in [6.07, 6.45) is 7.10. The number of allylic oxidation sites excluding steroid dienone is 2. The topological polar surface area (TPSA) is 120 Å². The minimum atomic E-state index is -4.34. The van der Waals surface area contributed by atoms with E-state index in [1.807, 2.05) is 0 Å². The third kappa shape index (κ3) is 0.410. The molecule has 8 atom stereocenters. The van der Waals surface area contributed by atoms with Crippen molar-refractivity contribution >= 4 is 35.1 Å². The third-order valence-corrected chi connectivity index (χ3v) is 61.3. The molecule has 0 N–H and O–H groups in total. The molecule has 10 aliphatic heterocycles. The molecule has 0 amide bonds. The van der Waals surface area contributed by atoms with Crippen molar-refractivity contribution in [2.24, 2.45) is 0 Å². The molecule has 37 heavy (non-hydrogen) atoms. The molecule has 2 aromatic carbocycles. The molecule has 10 aliphatic rings. The summed E-state index contributed by atoms with van der Waals surface area (Å²) in [6.45, 7) is -4.34. The SMILES string of the molecule is O=C(C=Cc1ccc([N+](=O)[O-])cc1)[C]12[CH]3[CH]4[CH]5[CH]1[Fe]45321678[CH]2[CH]1[CH]6[C]7(C(=O)C=Cc1ccc([N+](=O)[O-])cc1)[CH]28. The summed E-state index contributed by atoms with van der Waals surface area (Å²) in [5.74, 6) is 0.535. The molecule has 0 radical (unpaired) electrons. The van der Waals surface area contributed by atoms with Crippen LogP contribution in [0, 0.1) is 20.2 Å². The number of ketones is 2. The number of nitro benzene ring substituents is 2. The number of nitrogens with zero attached hydrogens (tertiary/aromatic N) is 2. The second-order valence-corrected chi connectivity index (χ2v) is 38.1. The average molecular weight is 536 g/mol. The van der Waals surface area contributed by atoms with Crippen LogP contribution in [0.2, 0.25) is 47.2 Å². The number of carbonyl (C=O) groups excluding carboxylic acids is 2. The summed E-state index contributed by atoms with van der Waals surface area (Å²) in [5.41, 5.74) is 1.62. The zero-order valence-electron chi connectivity index (χ0n) is 19.2. The van der Waals surface area contributed by atoms with Crippen LogP contribution in [-0.4, -0.2) is 21.4 Å². The Morgan fingerprint density at radius 3 is 1.24 bits per heavy atom. The molecule has 0 saturated carbocycles. The Bertz CT molecular complexity index is 1980. The van der Waals surface area contributed by atoms with Gasteiger partial charge in [-0.05, 0) is 0 Å². The number of benzene rings is 2. The van der Waals surface area contributed by atoms with E-state index in [2.05, 4.69) is 0 Å².